The van der Waals surface area contributed by atoms with Gasteiger partial charge >= 0.3 is 0 Å². The van der Waals surface area contributed by atoms with Gasteiger partial charge in [-0.25, -0.2) is 0 Å². The first-order chi connectivity index (χ1) is 8.74. The molecule has 0 saturated heterocycles. The maximum atomic E-state index is 5.98. The predicted molar refractivity (Wildman–Crippen MR) is 73.1 cm³/mol. The normalized spacial score (nSPS) is 26.7. The van der Waals surface area contributed by atoms with Gasteiger partial charge in [-0.3, -0.25) is 0 Å². The summed E-state index contributed by atoms with van der Waals surface area (Å²) in [6, 6.07) is 8.61. The zero-order valence-electron chi connectivity index (χ0n) is 11.5. The van der Waals surface area contributed by atoms with Crippen molar-refractivity contribution in [3.8, 4) is 5.75 Å². The smallest absolute Gasteiger partial charge is 0.128 e. The summed E-state index contributed by atoms with van der Waals surface area (Å²) in [5.41, 5.74) is 1.22. The molecule has 1 fully saturated rings. The molecule has 18 heavy (non-hydrogen) atoms. The molecule has 0 aliphatic heterocycles. The van der Waals surface area contributed by atoms with Crippen LogP contribution >= 0.6 is 0 Å². The highest BCUT2D eigenvalue weighted by Crippen LogP contribution is 2.29. The molecule has 3 heteroatoms. The van der Waals surface area contributed by atoms with Gasteiger partial charge in [0.25, 0.3) is 0 Å². The summed E-state index contributed by atoms with van der Waals surface area (Å²) < 4.78 is 11.5. The molecule has 0 radical (unpaired) electrons. The quantitative estimate of drug-likeness (QED) is 0.840. The Morgan fingerprint density at radius 3 is 2.89 bits per heavy atom. The van der Waals surface area contributed by atoms with Crippen molar-refractivity contribution in [2.45, 2.75) is 44.9 Å². The van der Waals surface area contributed by atoms with Crippen molar-refractivity contribution in [1.82, 2.24) is 5.32 Å². The summed E-state index contributed by atoms with van der Waals surface area (Å²) in [6.45, 7) is 5.29. The minimum atomic E-state index is 0.164. The van der Waals surface area contributed by atoms with Crippen LogP contribution in [0.15, 0.2) is 24.3 Å². The number of hydrogen-bond donors (Lipinski definition) is 1. The fourth-order valence-electron chi connectivity index (χ4n) is 2.41. The zero-order valence-corrected chi connectivity index (χ0v) is 11.5. The Hall–Kier alpha value is -1.06. The van der Waals surface area contributed by atoms with E-state index >= 15 is 0 Å². The lowest BCUT2D eigenvalue weighted by Crippen LogP contribution is -2.61. The molecule has 1 aromatic carbocycles. The molecule has 1 N–H and O–H groups in total. The highest BCUT2D eigenvalue weighted by molar-refractivity contribution is 5.28. The summed E-state index contributed by atoms with van der Waals surface area (Å²) in [5.74, 6) is 0.941. The first-order valence-electron chi connectivity index (χ1n) is 6.74. The monoisotopic (exact) mass is 249 g/mol. The SMILES string of the molecule is CCCNC1CC(Oc2cccc(C)c2)C1OC. The van der Waals surface area contributed by atoms with E-state index in [1.807, 2.05) is 12.1 Å². The average molecular weight is 249 g/mol. The molecule has 1 aliphatic rings. The number of hydrogen-bond acceptors (Lipinski definition) is 3. The van der Waals surface area contributed by atoms with Crippen LogP contribution in [0.3, 0.4) is 0 Å². The molecule has 1 saturated carbocycles. The van der Waals surface area contributed by atoms with Crippen LogP contribution in [-0.2, 0) is 4.74 Å². The molecule has 0 aromatic heterocycles. The van der Waals surface area contributed by atoms with Gasteiger partial charge in [-0.15, -0.1) is 0 Å². The van der Waals surface area contributed by atoms with Crippen LogP contribution in [0.5, 0.6) is 5.75 Å². The fraction of sp³-hybridized carbons (Fsp3) is 0.600. The van der Waals surface area contributed by atoms with E-state index in [-0.39, 0.29) is 12.2 Å². The van der Waals surface area contributed by atoms with Gasteiger partial charge in [-0.2, -0.15) is 0 Å². The number of rotatable bonds is 6. The molecule has 2 rings (SSSR count). The van der Waals surface area contributed by atoms with Gasteiger partial charge in [0.1, 0.15) is 18.0 Å². The van der Waals surface area contributed by atoms with Gasteiger partial charge in [0.2, 0.25) is 0 Å². The lowest BCUT2D eigenvalue weighted by molar-refractivity contribution is -0.0887. The second-order valence-electron chi connectivity index (χ2n) is 4.97. The van der Waals surface area contributed by atoms with Gasteiger partial charge in [0.05, 0.1) is 0 Å². The molecule has 0 spiro atoms. The molecular weight excluding hydrogens is 226 g/mol. The van der Waals surface area contributed by atoms with Crippen molar-refractivity contribution < 1.29 is 9.47 Å². The Bertz CT molecular complexity index is 381. The molecule has 3 atom stereocenters. The maximum absolute atomic E-state index is 5.98. The Labute approximate surface area is 109 Å². The van der Waals surface area contributed by atoms with Crippen molar-refractivity contribution in [3.05, 3.63) is 29.8 Å². The molecular formula is C15H23NO2. The van der Waals surface area contributed by atoms with Gasteiger partial charge in [0.15, 0.2) is 0 Å². The van der Waals surface area contributed by atoms with Crippen molar-refractivity contribution >= 4 is 0 Å². The van der Waals surface area contributed by atoms with Crippen LogP contribution in [0.25, 0.3) is 0 Å². The van der Waals surface area contributed by atoms with E-state index in [0.717, 1.165) is 25.1 Å². The lowest BCUT2D eigenvalue weighted by Gasteiger charge is -2.43. The molecule has 3 nitrogen and oxygen atoms in total. The molecule has 100 valence electrons. The fourth-order valence-corrected chi connectivity index (χ4v) is 2.41. The molecule has 0 amide bonds. The minimum Gasteiger partial charge on any atom is -0.488 e. The summed E-state index contributed by atoms with van der Waals surface area (Å²) in [5, 5.41) is 3.49. The van der Waals surface area contributed by atoms with Crippen molar-refractivity contribution in [2.24, 2.45) is 0 Å². The van der Waals surface area contributed by atoms with Gasteiger partial charge in [0, 0.05) is 19.6 Å². The van der Waals surface area contributed by atoms with E-state index in [2.05, 4.69) is 31.3 Å². The molecule has 1 aliphatic carbocycles. The van der Waals surface area contributed by atoms with E-state index < -0.39 is 0 Å². The van der Waals surface area contributed by atoms with Crippen molar-refractivity contribution in [3.63, 3.8) is 0 Å². The third-order valence-electron chi connectivity index (χ3n) is 3.45. The van der Waals surface area contributed by atoms with Crippen molar-refractivity contribution in [1.29, 1.82) is 0 Å². The van der Waals surface area contributed by atoms with E-state index in [1.54, 1.807) is 7.11 Å². The predicted octanol–water partition coefficient (Wildman–Crippen LogP) is 2.53. The first-order valence-corrected chi connectivity index (χ1v) is 6.74. The maximum Gasteiger partial charge on any atom is 0.128 e. The average Bonchev–Trinajstić information content (AvgIpc) is 2.33. The Morgan fingerprint density at radius 2 is 2.22 bits per heavy atom. The van der Waals surface area contributed by atoms with Crippen LogP contribution < -0.4 is 10.1 Å². The second-order valence-corrected chi connectivity index (χ2v) is 4.97. The Morgan fingerprint density at radius 1 is 1.39 bits per heavy atom. The van der Waals surface area contributed by atoms with Crippen LogP contribution in [0.2, 0.25) is 0 Å². The van der Waals surface area contributed by atoms with E-state index in [1.165, 1.54) is 5.56 Å². The standard InChI is InChI=1S/C15H23NO2/c1-4-8-16-13-10-14(15(13)17-3)18-12-7-5-6-11(2)9-12/h5-7,9,13-16H,4,8,10H2,1-3H3. The van der Waals surface area contributed by atoms with Crippen LogP contribution in [-0.4, -0.2) is 31.9 Å². The summed E-state index contributed by atoms with van der Waals surface area (Å²) in [7, 11) is 1.76. The summed E-state index contributed by atoms with van der Waals surface area (Å²) in [6.07, 6.45) is 2.51. The van der Waals surface area contributed by atoms with Gasteiger partial charge in [-0.1, -0.05) is 19.1 Å². The van der Waals surface area contributed by atoms with E-state index in [9.17, 15) is 0 Å². The third-order valence-corrected chi connectivity index (χ3v) is 3.45. The third kappa shape index (κ3) is 3.03. The first kappa shape index (κ1) is 13.4. The van der Waals surface area contributed by atoms with E-state index in [4.69, 9.17) is 9.47 Å². The van der Waals surface area contributed by atoms with E-state index in [0.29, 0.717) is 6.04 Å². The highest BCUT2D eigenvalue weighted by atomic mass is 16.5. The Balaban J connectivity index is 1.88. The number of ether oxygens (including phenoxy) is 2. The number of aryl methyl sites for hydroxylation is 1. The van der Waals surface area contributed by atoms with Gasteiger partial charge < -0.3 is 14.8 Å². The largest absolute Gasteiger partial charge is 0.488 e. The second kappa shape index (κ2) is 6.21. The topological polar surface area (TPSA) is 30.5 Å². The van der Waals surface area contributed by atoms with Crippen LogP contribution in [0, 0.1) is 6.92 Å². The van der Waals surface area contributed by atoms with Crippen molar-refractivity contribution in [2.75, 3.05) is 13.7 Å². The van der Waals surface area contributed by atoms with Gasteiger partial charge in [-0.05, 0) is 37.6 Å². The van der Waals surface area contributed by atoms with Crippen LogP contribution in [0.4, 0.5) is 0 Å². The summed E-state index contributed by atoms with van der Waals surface area (Å²) in [4.78, 5) is 0. The minimum absolute atomic E-state index is 0.164. The Kier molecular flexibility index (Phi) is 4.61. The highest BCUT2D eigenvalue weighted by Gasteiger charge is 2.42. The molecule has 1 aromatic rings. The molecule has 0 bridgehead atoms. The van der Waals surface area contributed by atoms with Crippen LogP contribution in [0.1, 0.15) is 25.3 Å². The molecule has 3 unspecified atom stereocenters. The number of nitrogens with one attached hydrogen (secondary N) is 1. The lowest BCUT2D eigenvalue weighted by atomic mass is 9.85. The number of benzene rings is 1. The molecule has 0 heterocycles. The zero-order chi connectivity index (χ0) is 13.0. The summed E-state index contributed by atoms with van der Waals surface area (Å²) >= 11 is 0. The number of methoxy groups -OCH3 is 1.